The molecule has 0 unspecified atom stereocenters. The van der Waals surface area contributed by atoms with Gasteiger partial charge in [0.25, 0.3) is 5.91 Å². The minimum atomic E-state index is -3.98. The second kappa shape index (κ2) is 8.41. The predicted molar refractivity (Wildman–Crippen MR) is 114 cm³/mol. The van der Waals surface area contributed by atoms with Gasteiger partial charge in [-0.1, -0.05) is 41.9 Å². The van der Waals surface area contributed by atoms with Crippen LogP contribution in [0.1, 0.15) is 16.1 Å². The summed E-state index contributed by atoms with van der Waals surface area (Å²) >= 11 is 6.48. The van der Waals surface area contributed by atoms with Crippen LogP contribution in [0, 0.1) is 12.7 Å². The molecule has 4 rings (SSSR count). The van der Waals surface area contributed by atoms with Crippen LogP contribution in [0.2, 0.25) is 5.15 Å². The first-order chi connectivity index (χ1) is 14.8. The van der Waals surface area contributed by atoms with Crippen LogP contribution >= 0.6 is 11.6 Å². The Bertz CT molecular complexity index is 1220. The number of carbonyl (C=O) groups is 1. The fourth-order valence-electron chi connectivity index (χ4n) is 3.57. The van der Waals surface area contributed by atoms with Crippen LogP contribution < -0.4 is 0 Å². The van der Waals surface area contributed by atoms with Crippen molar-refractivity contribution in [1.29, 1.82) is 0 Å². The third kappa shape index (κ3) is 3.96. The maximum Gasteiger partial charge on any atom is 0.259 e. The number of aryl methyl sites for hydroxylation is 1. The second-order valence-electron chi connectivity index (χ2n) is 7.13. The molecule has 0 N–H and O–H groups in total. The van der Waals surface area contributed by atoms with Gasteiger partial charge in [-0.2, -0.15) is 9.40 Å². The summed E-state index contributed by atoms with van der Waals surface area (Å²) in [5.41, 5.74) is 1.51. The first-order valence-electron chi connectivity index (χ1n) is 9.65. The van der Waals surface area contributed by atoms with Crippen LogP contribution in [0.25, 0.3) is 5.69 Å². The number of nitrogens with zero attached hydrogens (tertiary/aromatic N) is 4. The highest BCUT2D eigenvalue weighted by molar-refractivity contribution is 7.89. The van der Waals surface area contributed by atoms with Gasteiger partial charge in [0.15, 0.2) is 0 Å². The Kier molecular flexibility index (Phi) is 5.83. The SMILES string of the molecule is Cc1nn(-c2ccccc2)c(Cl)c1C(=O)N1CCN(S(=O)(=O)c2ccccc2F)CC1. The van der Waals surface area contributed by atoms with E-state index in [2.05, 4.69) is 5.10 Å². The Labute approximate surface area is 184 Å². The highest BCUT2D eigenvalue weighted by atomic mass is 35.5. The van der Waals surface area contributed by atoms with Crippen molar-refractivity contribution in [3.63, 3.8) is 0 Å². The summed E-state index contributed by atoms with van der Waals surface area (Å²) in [7, 11) is -3.98. The molecule has 1 saturated heterocycles. The third-order valence-electron chi connectivity index (χ3n) is 5.20. The number of halogens is 2. The van der Waals surface area contributed by atoms with Gasteiger partial charge in [-0.25, -0.2) is 17.5 Å². The summed E-state index contributed by atoms with van der Waals surface area (Å²) in [6.07, 6.45) is 0. The molecule has 1 fully saturated rings. The normalized spacial score (nSPS) is 15.3. The quantitative estimate of drug-likeness (QED) is 0.597. The van der Waals surface area contributed by atoms with Crippen LogP contribution in [-0.4, -0.2) is 59.5 Å². The summed E-state index contributed by atoms with van der Waals surface area (Å²) in [6, 6.07) is 14.5. The number of piperazine rings is 1. The maximum atomic E-state index is 14.0. The van der Waals surface area contributed by atoms with Crippen molar-refractivity contribution in [3.8, 4) is 5.69 Å². The minimum absolute atomic E-state index is 0.0614. The van der Waals surface area contributed by atoms with Gasteiger partial charge in [-0.3, -0.25) is 4.79 Å². The van der Waals surface area contributed by atoms with Gasteiger partial charge < -0.3 is 4.90 Å². The Balaban J connectivity index is 1.52. The summed E-state index contributed by atoms with van der Waals surface area (Å²) in [4.78, 5) is 14.3. The Morgan fingerprint density at radius 3 is 2.26 bits per heavy atom. The zero-order valence-corrected chi connectivity index (χ0v) is 18.3. The number of para-hydroxylation sites is 1. The van der Waals surface area contributed by atoms with Crippen molar-refractivity contribution in [2.45, 2.75) is 11.8 Å². The molecule has 0 spiro atoms. The fourth-order valence-corrected chi connectivity index (χ4v) is 5.41. The Hall–Kier alpha value is -2.75. The number of sulfonamides is 1. The lowest BCUT2D eigenvalue weighted by Gasteiger charge is -2.34. The van der Waals surface area contributed by atoms with Gasteiger partial charge in [0.1, 0.15) is 15.9 Å². The average molecular weight is 463 g/mol. The van der Waals surface area contributed by atoms with Gasteiger partial charge in [-0.05, 0) is 31.2 Å². The van der Waals surface area contributed by atoms with E-state index < -0.39 is 15.8 Å². The van der Waals surface area contributed by atoms with Gasteiger partial charge in [0.05, 0.1) is 16.9 Å². The van der Waals surface area contributed by atoms with E-state index in [1.807, 2.05) is 30.3 Å². The molecule has 31 heavy (non-hydrogen) atoms. The number of carbonyl (C=O) groups excluding carboxylic acids is 1. The molecule has 1 amide bonds. The largest absolute Gasteiger partial charge is 0.336 e. The van der Waals surface area contributed by atoms with Crippen LogP contribution in [0.5, 0.6) is 0 Å². The topological polar surface area (TPSA) is 75.5 Å². The van der Waals surface area contributed by atoms with E-state index in [-0.39, 0.29) is 47.7 Å². The molecule has 1 aliphatic rings. The zero-order valence-electron chi connectivity index (χ0n) is 16.7. The highest BCUT2D eigenvalue weighted by Gasteiger charge is 2.33. The van der Waals surface area contributed by atoms with E-state index in [0.29, 0.717) is 5.69 Å². The summed E-state index contributed by atoms with van der Waals surface area (Å²) in [5.74, 6) is -1.11. The lowest BCUT2D eigenvalue weighted by Crippen LogP contribution is -2.50. The molecule has 1 aliphatic heterocycles. The average Bonchev–Trinajstić information content (AvgIpc) is 3.08. The number of rotatable bonds is 4. The van der Waals surface area contributed by atoms with Crippen molar-refractivity contribution in [2.24, 2.45) is 0 Å². The highest BCUT2D eigenvalue weighted by Crippen LogP contribution is 2.26. The second-order valence-corrected chi connectivity index (χ2v) is 9.39. The van der Waals surface area contributed by atoms with Gasteiger partial charge in [0, 0.05) is 26.2 Å². The first-order valence-corrected chi connectivity index (χ1v) is 11.5. The standard InChI is InChI=1S/C21H20ClFN4O3S/c1-15-19(20(22)27(24-15)16-7-3-2-4-8-16)21(28)25-11-13-26(14-12-25)31(29,30)18-10-6-5-9-17(18)23/h2-10H,11-14H2,1H3. The molecule has 10 heteroatoms. The summed E-state index contributed by atoms with van der Waals surface area (Å²) < 4.78 is 42.2. The van der Waals surface area contributed by atoms with Crippen LogP contribution in [0.3, 0.4) is 0 Å². The van der Waals surface area contributed by atoms with E-state index >= 15 is 0 Å². The lowest BCUT2D eigenvalue weighted by molar-refractivity contribution is 0.0697. The van der Waals surface area contributed by atoms with E-state index in [1.165, 1.54) is 27.2 Å². The lowest BCUT2D eigenvalue weighted by atomic mass is 10.2. The molecule has 0 aliphatic carbocycles. The Morgan fingerprint density at radius 2 is 1.61 bits per heavy atom. The Morgan fingerprint density at radius 1 is 1.00 bits per heavy atom. The first kappa shape index (κ1) is 21.5. The van der Waals surface area contributed by atoms with Crippen molar-refractivity contribution in [2.75, 3.05) is 26.2 Å². The van der Waals surface area contributed by atoms with Crippen LogP contribution in [0.4, 0.5) is 4.39 Å². The molecule has 3 aromatic rings. The van der Waals surface area contributed by atoms with Crippen molar-refractivity contribution >= 4 is 27.5 Å². The molecule has 7 nitrogen and oxygen atoms in total. The molecule has 162 valence electrons. The molecule has 0 bridgehead atoms. The fraction of sp³-hybridized carbons (Fsp3) is 0.238. The van der Waals surface area contributed by atoms with Crippen molar-refractivity contribution < 1.29 is 17.6 Å². The smallest absolute Gasteiger partial charge is 0.259 e. The molecule has 2 heterocycles. The number of benzene rings is 2. The van der Waals surface area contributed by atoms with Gasteiger partial charge in [0.2, 0.25) is 10.0 Å². The number of hydrogen-bond acceptors (Lipinski definition) is 4. The summed E-state index contributed by atoms with van der Waals surface area (Å²) in [5, 5.41) is 4.59. The van der Waals surface area contributed by atoms with Gasteiger partial charge in [-0.15, -0.1) is 0 Å². The van der Waals surface area contributed by atoms with E-state index in [9.17, 15) is 17.6 Å². The molecular formula is C21H20ClFN4O3S. The van der Waals surface area contributed by atoms with Crippen molar-refractivity contribution in [3.05, 3.63) is 76.8 Å². The molecular weight excluding hydrogens is 443 g/mol. The molecule has 0 atom stereocenters. The maximum absolute atomic E-state index is 14.0. The van der Waals surface area contributed by atoms with Crippen molar-refractivity contribution in [1.82, 2.24) is 19.0 Å². The monoisotopic (exact) mass is 462 g/mol. The molecule has 0 saturated carbocycles. The van der Waals surface area contributed by atoms with E-state index in [0.717, 1.165) is 11.8 Å². The minimum Gasteiger partial charge on any atom is -0.336 e. The molecule has 0 radical (unpaired) electrons. The number of aromatic nitrogens is 2. The number of hydrogen-bond donors (Lipinski definition) is 0. The van der Waals surface area contributed by atoms with Gasteiger partial charge >= 0.3 is 0 Å². The van der Waals surface area contributed by atoms with E-state index in [1.54, 1.807) is 11.8 Å². The number of amides is 1. The van der Waals surface area contributed by atoms with Crippen LogP contribution in [-0.2, 0) is 10.0 Å². The molecule has 1 aromatic heterocycles. The predicted octanol–water partition coefficient (Wildman–Crippen LogP) is 3.12. The zero-order chi connectivity index (χ0) is 22.2. The van der Waals surface area contributed by atoms with Crippen LogP contribution in [0.15, 0.2) is 59.5 Å². The third-order valence-corrected chi connectivity index (χ3v) is 7.48. The van der Waals surface area contributed by atoms with E-state index in [4.69, 9.17) is 11.6 Å². The summed E-state index contributed by atoms with van der Waals surface area (Å²) in [6.45, 7) is 2.16. The molecule has 2 aromatic carbocycles.